The number of carbonyl (C=O) groups excluding carboxylic acids is 1. The molecule has 0 aliphatic rings. The maximum Gasteiger partial charge on any atom is 0.338 e. The van der Waals surface area contributed by atoms with Crippen LogP contribution in [-0.2, 0) is 10.1 Å². The molecule has 0 amide bonds. The Morgan fingerprint density at radius 3 is 2.39 bits per heavy atom. The minimum atomic E-state index is -1.21. The van der Waals surface area contributed by atoms with E-state index in [1.165, 1.54) is 0 Å². The van der Waals surface area contributed by atoms with E-state index >= 15 is 0 Å². The van der Waals surface area contributed by atoms with Crippen LogP contribution in [0.4, 0.5) is 0 Å². The molecule has 0 atom stereocenters. The van der Waals surface area contributed by atoms with Crippen LogP contribution in [0, 0.1) is 0 Å². The van der Waals surface area contributed by atoms with Crippen molar-refractivity contribution in [3.05, 3.63) is 59.7 Å². The van der Waals surface area contributed by atoms with Gasteiger partial charge in [0.25, 0.3) is 0 Å². The second-order valence-corrected chi connectivity index (χ2v) is 13.0. The number of alkyl halides is 1. The molecule has 0 aliphatic heterocycles. The number of carbonyl (C=O) groups is 1. The molecule has 0 saturated heterocycles. The molecule has 23 heavy (non-hydrogen) atoms. The average molecular weight is 391 g/mol. The molecule has 0 spiro atoms. The van der Waals surface area contributed by atoms with Crippen LogP contribution < -0.4 is 0 Å². The van der Waals surface area contributed by atoms with Gasteiger partial charge in [-0.05, 0) is 28.8 Å². The van der Waals surface area contributed by atoms with Gasteiger partial charge in [-0.1, -0.05) is 78.0 Å². The lowest BCUT2D eigenvalue weighted by Crippen LogP contribution is -2.22. The van der Waals surface area contributed by atoms with Crippen LogP contribution in [-0.4, -0.2) is 20.7 Å². The smallest absolute Gasteiger partial charge is 0.338 e. The maximum atomic E-state index is 12.6. The van der Waals surface area contributed by atoms with E-state index in [1.807, 2.05) is 48.5 Å². The molecule has 2 rings (SSSR count). The second kappa shape index (κ2) is 7.93. The fraction of sp³-hybridized carbons (Fsp3) is 0.316. The van der Waals surface area contributed by atoms with Crippen LogP contribution in [0.1, 0.15) is 15.9 Å². The molecule has 0 aromatic heterocycles. The van der Waals surface area contributed by atoms with Gasteiger partial charge in [-0.3, -0.25) is 0 Å². The minimum Gasteiger partial charge on any atom is -0.462 e. The Bertz CT molecular complexity index is 663. The van der Waals surface area contributed by atoms with Gasteiger partial charge >= 0.3 is 5.97 Å². The molecule has 0 aliphatic carbocycles. The monoisotopic (exact) mass is 390 g/mol. The average Bonchev–Trinajstić information content (AvgIpc) is 2.53. The van der Waals surface area contributed by atoms with Crippen LogP contribution in [0.25, 0.3) is 11.1 Å². The fourth-order valence-electron chi connectivity index (χ4n) is 2.24. The van der Waals surface area contributed by atoms with Gasteiger partial charge in [0.15, 0.2) is 0 Å². The third-order valence-electron chi connectivity index (χ3n) is 3.63. The second-order valence-electron chi connectivity index (χ2n) is 6.83. The Hall–Kier alpha value is -1.39. The molecular weight excluding hydrogens is 368 g/mol. The molecule has 2 aromatic rings. The first kappa shape index (κ1) is 18.0. The first-order chi connectivity index (χ1) is 10.9. The minimum absolute atomic E-state index is 0.232. The van der Waals surface area contributed by atoms with Gasteiger partial charge in [0.2, 0.25) is 0 Å². The topological polar surface area (TPSA) is 26.3 Å². The summed E-state index contributed by atoms with van der Waals surface area (Å²) in [5.74, 6) is -0.232. The van der Waals surface area contributed by atoms with Gasteiger partial charge in [-0.25, -0.2) is 4.79 Å². The highest BCUT2D eigenvalue weighted by molar-refractivity contribution is 9.08. The summed E-state index contributed by atoms with van der Waals surface area (Å²) in [5.41, 5.74) is 3.67. The van der Waals surface area contributed by atoms with Gasteiger partial charge in [0.05, 0.1) is 12.2 Å². The van der Waals surface area contributed by atoms with Crippen molar-refractivity contribution < 1.29 is 9.53 Å². The predicted molar refractivity (Wildman–Crippen MR) is 103 cm³/mol. The molecular formula is C19H23BrO2Si. The number of ether oxygens (including phenoxy) is 1. The molecule has 0 bridgehead atoms. The van der Waals surface area contributed by atoms with E-state index < -0.39 is 8.07 Å². The van der Waals surface area contributed by atoms with Crippen molar-refractivity contribution in [2.45, 2.75) is 31.0 Å². The summed E-state index contributed by atoms with van der Waals surface area (Å²) in [4.78, 5) is 12.6. The van der Waals surface area contributed by atoms with E-state index in [0.717, 1.165) is 28.1 Å². The molecule has 2 aromatic carbocycles. The van der Waals surface area contributed by atoms with Gasteiger partial charge in [-0.15, -0.1) is 0 Å². The Morgan fingerprint density at radius 2 is 1.78 bits per heavy atom. The summed E-state index contributed by atoms with van der Waals surface area (Å²) >= 11 is 3.45. The molecule has 0 N–H and O–H groups in total. The highest BCUT2D eigenvalue weighted by atomic mass is 79.9. The van der Waals surface area contributed by atoms with E-state index in [0.29, 0.717) is 12.2 Å². The zero-order valence-electron chi connectivity index (χ0n) is 13.9. The molecule has 0 radical (unpaired) electrons. The number of rotatable bonds is 6. The highest BCUT2D eigenvalue weighted by Crippen LogP contribution is 2.26. The number of hydrogen-bond acceptors (Lipinski definition) is 2. The van der Waals surface area contributed by atoms with E-state index in [9.17, 15) is 4.79 Å². The lowest BCUT2D eigenvalue weighted by molar-refractivity contribution is 0.0526. The summed E-state index contributed by atoms with van der Waals surface area (Å²) in [5, 5.41) is 0.719. The summed E-state index contributed by atoms with van der Waals surface area (Å²) < 4.78 is 5.55. The lowest BCUT2D eigenvalue weighted by atomic mass is 9.98. The molecule has 0 unspecified atom stereocenters. The summed E-state index contributed by atoms with van der Waals surface area (Å²) in [6, 6.07) is 16.9. The van der Waals surface area contributed by atoms with E-state index in [1.54, 1.807) is 0 Å². The molecule has 122 valence electrons. The molecule has 2 nitrogen and oxygen atoms in total. The number of esters is 1. The Labute approximate surface area is 148 Å². The predicted octanol–water partition coefficient (Wildman–Crippen LogP) is 5.74. The number of benzene rings is 2. The third-order valence-corrected chi connectivity index (χ3v) is 5.98. The molecule has 0 saturated carbocycles. The highest BCUT2D eigenvalue weighted by Gasteiger charge is 2.17. The molecule has 0 heterocycles. The normalized spacial score (nSPS) is 11.3. The fourth-order valence-corrected chi connectivity index (χ4v) is 3.30. The van der Waals surface area contributed by atoms with E-state index in [-0.39, 0.29) is 5.97 Å². The largest absolute Gasteiger partial charge is 0.462 e. The Morgan fingerprint density at radius 1 is 1.09 bits per heavy atom. The molecule has 4 heteroatoms. The van der Waals surface area contributed by atoms with Crippen molar-refractivity contribution in [2.75, 3.05) is 6.61 Å². The van der Waals surface area contributed by atoms with Gasteiger partial charge in [0.1, 0.15) is 0 Å². The number of halogens is 1. The zero-order chi connectivity index (χ0) is 16.9. The van der Waals surface area contributed by atoms with Crippen molar-refractivity contribution in [3.8, 4) is 11.1 Å². The first-order valence-corrected chi connectivity index (χ1v) is 12.6. The first-order valence-electron chi connectivity index (χ1n) is 7.82. The Kier molecular flexibility index (Phi) is 6.19. The van der Waals surface area contributed by atoms with Crippen LogP contribution in [0.3, 0.4) is 0 Å². The standard InChI is InChI=1S/C19H23BrO2Si/c1-23(2,3)12-11-22-19(21)18-13-15(14-20)9-10-17(18)16-7-5-4-6-8-16/h4-10,13H,11-12,14H2,1-3H3. The SMILES string of the molecule is C[Si](C)(C)CCOC(=O)c1cc(CBr)ccc1-c1ccccc1. The zero-order valence-corrected chi connectivity index (χ0v) is 16.5. The summed E-state index contributed by atoms with van der Waals surface area (Å²) in [6.07, 6.45) is 0. The summed E-state index contributed by atoms with van der Waals surface area (Å²) in [6.45, 7) is 7.34. The van der Waals surface area contributed by atoms with Crippen molar-refractivity contribution in [1.29, 1.82) is 0 Å². The lowest BCUT2D eigenvalue weighted by Gasteiger charge is -2.16. The van der Waals surface area contributed by atoms with Crippen LogP contribution >= 0.6 is 15.9 Å². The maximum absolute atomic E-state index is 12.6. The number of hydrogen-bond donors (Lipinski definition) is 0. The summed E-state index contributed by atoms with van der Waals surface area (Å²) in [7, 11) is -1.21. The van der Waals surface area contributed by atoms with Gasteiger partial charge < -0.3 is 4.74 Å². The van der Waals surface area contributed by atoms with Crippen LogP contribution in [0.15, 0.2) is 48.5 Å². The van der Waals surface area contributed by atoms with Crippen molar-refractivity contribution in [3.63, 3.8) is 0 Å². The van der Waals surface area contributed by atoms with Crippen LogP contribution in [0.2, 0.25) is 25.7 Å². The van der Waals surface area contributed by atoms with Crippen LogP contribution in [0.5, 0.6) is 0 Å². The van der Waals surface area contributed by atoms with E-state index in [4.69, 9.17) is 4.74 Å². The molecule has 0 fully saturated rings. The van der Waals surface area contributed by atoms with Gasteiger partial charge in [-0.2, -0.15) is 0 Å². The van der Waals surface area contributed by atoms with E-state index in [2.05, 4.69) is 35.6 Å². The van der Waals surface area contributed by atoms with Crippen molar-refractivity contribution in [2.24, 2.45) is 0 Å². The Balaban J connectivity index is 2.26. The third kappa shape index (κ3) is 5.32. The van der Waals surface area contributed by atoms with Crippen molar-refractivity contribution in [1.82, 2.24) is 0 Å². The quantitative estimate of drug-likeness (QED) is 0.356. The van der Waals surface area contributed by atoms with Gasteiger partial charge in [0, 0.05) is 13.4 Å². The van der Waals surface area contributed by atoms with Crippen molar-refractivity contribution >= 4 is 30.0 Å².